The normalized spacial score (nSPS) is 10.9. The number of aliphatic carboxylic acids is 1. The first-order valence-electron chi connectivity index (χ1n) is 9.19. The summed E-state index contributed by atoms with van der Waals surface area (Å²) in [5.41, 5.74) is 6.62. The molecule has 138 valence electrons. The number of hydrogen-bond acceptors (Lipinski definition) is 3. The monoisotopic (exact) mass is 361 g/mol. The molecule has 1 aromatic heterocycles. The molecule has 0 aliphatic rings. The van der Waals surface area contributed by atoms with E-state index in [-0.39, 0.29) is 6.42 Å². The summed E-state index contributed by atoms with van der Waals surface area (Å²) in [5, 5.41) is 18.2. The number of carbonyl (C=O) groups is 1. The van der Waals surface area contributed by atoms with Gasteiger partial charge in [0.25, 0.3) is 0 Å². The summed E-state index contributed by atoms with van der Waals surface area (Å²) >= 11 is 0. The molecule has 1 N–H and O–H groups in total. The Morgan fingerprint density at radius 2 is 1.96 bits per heavy atom. The molecule has 0 spiro atoms. The van der Waals surface area contributed by atoms with Crippen molar-refractivity contribution < 1.29 is 9.90 Å². The van der Waals surface area contributed by atoms with E-state index in [0.29, 0.717) is 12.0 Å². The van der Waals surface area contributed by atoms with E-state index < -0.39 is 5.97 Å². The number of carboxylic acids is 1. The molecule has 0 saturated heterocycles. The first-order valence-corrected chi connectivity index (χ1v) is 9.19. The van der Waals surface area contributed by atoms with E-state index >= 15 is 0 Å². The third-order valence-electron chi connectivity index (χ3n) is 4.94. The van der Waals surface area contributed by atoms with Crippen LogP contribution in [0.4, 0.5) is 0 Å². The highest BCUT2D eigenvalue weighted by atomic mass is 16.4. The standard InChI is InChI=1S/C22H23N3O2/c1-4-20-24-22-15(3)18(13-23)14(2)12-19(22)25(20)17-10-8-16(9-11-17)6-5-7-21(26)27/h8-12H,4-7H2,1-3H3,(H,26,27). The highest BCUT2D eigenvalue weighted by molar-refractivity contribution is 5.85. The third kappa shape index (κ3) is 3.56. The lowest BCUT2D eigenvalue weighted by atomic mass is 10.0. The van der Waals surface area contributed by atoms with Crippen molar-refractivity contribution >= 4 is 17.0 Å². The number of carboxylic acid groups (broad SMARTS) is 1. The number of hydrogen-bond donors (Lipinski definition) is 1. The smallest absolute Gasteiger partial charge is 0.303 e. The molecule has 27 heavy (non-hydrogen) atoms. The molecule has 0 fully saturated rings. The van der Waals surface area contributed by atoms with Crippen LogP contribution in [0.15, 0.2) is 30.3 Å². The molecule has 0 radical (unpaired) electrons. The Morgan fingerprint density at radius 3 is 2.56 bits per heavy atom. The maximum absolute atomic E-state index is 10.7. The predicted molar refractivity (Wildman–Crippen MR) is 105 cm³/mol. The summed E-state index contributed by atoms with van der Waals surface area (Å²) in [4.78, 5) is 15.5. The van der Waals surface area contributed by atoms with Gasteiger partial charge in [-0.05, 0) is 61.6 Å². The molecule has 1 heterocycles. The van der Waals surface area contributed by atoms with Crippen molar-refractivity contribution in [2.24, 2.45) is 0 Å². The molecular weight excluding hydrogens is 338 g/mol. The SMILES string of the molecule is CCc1nc2c(C)c(C#N)c(C)cc2n1-c1ccc(CCCC(=O)O)cc1. The Labute approximate surface area is 158 Å². The lowest BCUT2D eigenvalue weighted by Gasteiger charge is -2.11. The second-order valence-electron chi connectivity index (χ2n) is 6.80. The maximum Gasteiger partial charge on any atom is 0.303 e. The van der Waals surface area contributed by atoms with Crippen LogP contribution >= 0.6 is 0 Å². The number of rotatable bonds is 6. The second kappa shape index (κ2) is 7.63. The van der Waals surface area contributed by atoms with Crippen molar-refractivity contribution in [1.82, 2.24) is 9.55 Å². The fraction of sp³-hybridized carbons (Fsp3) is 0.318. The topological polar surface area (TPSA) is 78.9 Å². The van der Waals surface area contributed by atoms with Gasteiger partial charge in [-0.2, -0.15) is 5.26 Å². The molecule has 0 atom stereocenters. The number of fused-ring (bicyclic) bond motifs is 1. The van der Waals surface area contributed by atoms with Gasteiger partial charge in [-0.15, -0.1) is 0 Å². The average Bonchev–Trinajstić information content (AvgIpc) is 3.01. The first-order chi connectivity index (χ1) is 13.0. The summed E-state index contributed by atoms with van der Waals surface area (Å²) in [6.45, 7) is 5.99. The average molecular weight is 361 g/mol. The van der Waals surface area contributed by atoms with Crippen molar-refractivity contribution in [3.63, 3.8) is 0 Å². The van der Waals surface area contributed by atoms with Crippen LogP contribution in [0.2, 0.25) is 0 Å². The van der Waals surface area contributed by atoms with E-state index in [1.54, 1.807) is 0 Å². The van der Waals surface area contributed by atoms with E-state index in [2.05, 4.69) is 29.7 Å². The summed E-state index contributed by atoms with van der Waals surface area (Å²) in [7, 11) is 0. The van der Waals surface area contributed by atoms with Crippen molar-refractivity contribution in [2.75, 3.05) is 0 Å². The van der Waals surface area contributed by atoms with Crippen LogP contribution in [0.25, 0.3) is 16.7 Å². The minimum Gasteiger partial charge on any atom is -0.481 e. The Hall–Kier alpha value is -3.13. The van der Waals surface area contributed by atoms with E-state index in [1.165, 1.54) is 0 Å². The van der Waals surface area contributed by atoms with Gasteiger partial charge in [0.15, 0.2) is 0 Å². The lowest BCUT2D eigenvalue weighted by molar-refractivity contribution is -0.137. The third-order valence-corrected chi connectivity index (χ3v) is 4.94. The van der Waals surface area contributed by atoms with Gasteiger partial charge in [-0.25, -0.2) is 4.98 Å². The molecule has 0 unspecified atom stereocenters. The molecule has 0 aliphatic heterocycles. The van der Waals surface area contributed by atoms with Crippen LogP contribution in [0, 0.1) is 25.2 Å². The molecule has 0 bridgehead atoms. The summed E-state index contributed by atoms with van der Waals surface area (Å²) in [6, 6.07) is 12.5. The van der Waals surface area contributed by atoms with E-state index in [4.69, 9.17) is 10.1 Å². The van der Waals surface area contributed by atoms with Gasteiger partial charge in [0, 0.05) is 18.5 Å². The van der Waals surface area contributed by atoms with Gasteiger partial charge in [-0.1, -0.05) is 19.1 Å². The number of aryl methyl sites for hydroxylation is 4. The van der Waals surface area contributed by atoms with Crippen molar-refractivity contribution in [1.29, 1.82) is 5.26 Å². The molecule has 3 rings (SSSR count). The van der Waals surface area contributed by atoms with Gasteiger partial charge in [0.1, 0.15) is 5.82 Å². The zero-order valence-corrected chi connectivity index (χ0v) is 15.9. The second-order valence-corrected chi connectivity index (χ2v) is 6.80. The van der Waals surface area contributed by atoms with Crippen molar-refractivity contribution in [2.45, 2.75) is 46.5 Å². The fourth-order valence-electron chi connectivity index (χ4n) is 3.53. The molecule has 5 heteroatoms. The van der Waals surface area contributed by atoms with Crippen LogP contribution in [0.1, 0.15) is 47.8 Å². The zero-order chi connectivity index (χ0) is 19.6. The lowest BCUT2D eigenvalue weighted by Crippen LogP contribution is -2.01. The minimum atomic E-state index is -0.758. The minimum absolute atomic E-state index is 0.188. The summed E-state index contributed by atoms with van der Waals surface area (Å²) in [5.74, 6) is 0.202. The molecule has 2 aromatic carbocycles. The number of benzene rings is 2. The summed E-state index contributed by atoms with van der Waals surface area (Å²) in [6.07, 6.45) is 2.36. The van der Waals surface area contributed by atoms with Crippen molar-refractivity contribution in [3.8, 4) is 11.8 Å². The van der Waals surface area contributed by atoms with Crippen molar-refractivity contribution in [3.05, 3.63) is 58.4 Å². The largest absolute Gasteiger partial charge is 0.481 e. The van der Waals surface area contributed by atoms with Gasteiger partial charge >= 0.3 is 5.97 Å². The van der Waals surface area contributed by atoms with Crippen LogP contribution in [-0.2, 0) is 17.6 Å². The fourth-order valence-corrected chi connectivity index (χ4v) is 3.53. The number of nitrogens with zero attached hydrogens (tertiary/aromatic N) is 3. The number of imidazole rings is 1. The highest BCUT2D eigenvalue weighted by Gasteiger charge is 2.16. The molecule has 0 saturated carbocycles. The quantitative estimate of drug-likeness (QED) is 0.702. The summed E-state index contributed by atoms with van der Waals surface area (Å²) < 4.78 is 2.15. The zero-order valence-electron chi connectivity index (χ0n) is 15.9. The molecule has 5 nitrogen and oxygen atoms in total. The van der Waals surface area contributed by atoms with Gasteiger partial charge in [0.05, 0.1) is 22.7 Å². The van der Waals surface area contributed by atoms with Crippen LogP contribution in [0.3, 0.4) is 0 Å². The van der Waals surface area contributed by atoms with Gasteiger partial charge in [0.2, 0.25) is 0 Å². The number of nitriles is 1. The number of aromatic nitrogens is 2. The van der Waals surface area contributed by atoms with Crippen LogP contribution in [-0.4, -0.2) is 20.6 Å². The highest BCUT2D eigenvalue weighted by Crippen LogP contribution is 2.28. The molecule has 3 aromatic rings. The van der Waals surface area contributed by atoms with E-state index in [0.717, 1.165) is 52.1 Å². The Bertz CT molecular complexity index is 1040. The Kier molecular flexibility index (Phi) is 5.27. The molecule has 0 amide bonds. The van der Waals surface area contributed by atoms with Crippen LogP contribution < -0.4 is 0 Å². The predicted octanol–water partition coefficient (Wildman–Crippen LogP) is 4.48. The maximum atomic E-state index is 10.7. The Balaban J connectivity index is 2.03. The Morgan fingerprint density at radius 1 is 1.26 bits per heavy atom. The van der Waals surface area contributed by atoms with E-state index in [1.807, 2.05) is 32.0 Å². The van der Waals surface area contributed by atoms with Gasteiger partial charge < -0.3 is 5.11 Å². The van der Waals surface area contributed by atoms with E-state index in [9.17, 15) is 10.1 Å². The van der Waals surface area contributed by atoms with Crippen LogP contribution in [0.5, 0.6) is 0 Å². The first kappa shape index (κ1) is 18.7. The van der Waals surface area contributed by atoms with Gasteiger partial charge in [-0.3, -0.25) is 9.36 Å². The molecular formula is C22H23N3O2. The molecule has 0 aliphatic carbocycles.